The number of amides is 1. The van der Waals surface area contributed by atoms with Crippen LogP contribution in [-0.4, -0.2) is 29.9 Å². The molecule has 0 bridgehead atoms. The predicted octanol–water partition coefficient (Wildman–Crippen LogP) is 3.75. The summed E-state index contributed by atoms with van der Waals surface area (Å²) in [6.45, 7) is 2.35. The van der Waals surface area contributed by atoms with E-state index in [9.17, 15) is 4.79 Å². The van der Waals surface area contributed by atoms with Gasteiger partial charge in [0, 0.05) is 11.6 Å². The maximum Gasteiger partial charge on any atom is 0.256 e. The molecule has 0 atom stereocenters. The Hall–Kier alpha value is -3.48. The van der Waals surface area contributed by atoms with E-state index in [0.717, 1.165) is 12.2 Å². The standard InChI is InChI=1S/C21H23N3O4/c1-4-15-5-7-18(8-6-15)28-14-24-13-17(12-22-24)23-21(25)16-9-19(26-2)11-20(10-16)27-3/h5-13H,4,14H2,1-3H3,(H,23,25). The molecule has 0 saturated heterocycles. The summed E-state index contributed by atoms with van der Waals surface area (Å²) in [7, 11) is 3.08. The molecule has 146 valence electrons. The van der Waals surface area contributed by atoms with Crippen molar-refractivity contribution in [3.8, 4) is 17.2 Å². The highest BCUT2D eigenvalue weighted by Gasteiger charge is 2.11. The van der Waals surface area contributed by atoms with E-state index in [2.05, 4.69) is 17.3 Å². The van der Waals surface area contributed by atoms with Gasteiger partial charge in [-0.3, -0.25) is 4.79 Å². The molecule has 0 unspecified atom stereocenters. The topological polar surface area (TPSA) is 74.6 Å². The van der Waals surface area contributed by atoms with E-state index in [-0.39, 0.29) is 12.6 Å². The average Bonchev–Trinajstić information content (AvgIpc) is 3.19. The van der Waals surface area contributed by atoms with E-state index in [0.29, 0.717) is 22.7 Å². The molecule has 1 amide bonds. The number of rotatable bonds is 8. The summed E-state index contributed by atoms with van der Waals surface area (Å²) in [6.07, 6.45) is 4.26. The minimum atomic E-state index is -0.284. The third-order valence-electron chi connectivity index (χ3n) is 4.20. The van der Waals surface area contributed by atoms with Crippen molar-refractivity contribution in [2.75, 3.05) is 19.5 Å². The summed E-state index contributed by atoms with van der Waals surface area (Å²) in [5, 5.41) is 7.01. The van der Waals surface area contributed by atoms with E-state index < -0.39 is 0 Å². The zero-order valence-corrected chi connectivity index (χ0v) is 16.1. The van der Waals surface area contributed by atoms with E-state index in [1.54, 1.807) is 35.3 Å². The van der Waals surface area contributed by atoms with Gasteiger partial charge in [0.15, 0.2) is 6.73 Å². The lowest BCUT2D eigenvalue weighted by Crippen LogP contribution is -2.12. The van der Waals surface area contributed by atoms with Gasteiger partial charge in [0.25, 0.3) is 5.91 Å². The second-order valence-electron chi connectivity index (χ2n) is 6.09. The van der Waals surface area contributed by atoms with Crippen molar-refractivity contribution in [1.82, 2.24) is 9.78 Å². The SMILES string of the molecule is CCc1ccc(OCn2cc(NC(=O)c3cc(OC)cc(OC)c3)cn2)cc1. The van der Waals surface area contributed by atoms with Gasteiger partial charge in [0.1, 0.15) is 17.2 Å². The first-order valence-corrected chi connectivity index (χ1v) is 8.90. The van der Waals surface area contributed by atoms with E-state index in [4.69, 9.17) is 14.2 Å². The Kier molecular flexibility index (Phi) is 6.16. The third-order valence-corrected chi connectivity index (χ3v) is 4.20. The molecule has 7 nitrogen and oxygen atoms in total. The van der Waals surface area contributed by atoms with Crippen molar-refractivity contribution in [2.24, 2.45) is 0 Å². The molecular weight excluding hydrogens is 358 g/mol. The molecule has 1 N–H and O–H groups in total. The van der Waals surface area contributed by atoms with Crippen molar-refractivity contribution in [2.45, 2.75) is 20.1 Å². The van der Waals surface area contributed by atoms with Gasteiger partial charge in [-0.2, -0.15) is 5.10 Å². The molecule has 2 aromatic carbocycles. The van der Waals surface area contributed by atoms with Crippen molar-refractivity contribution < 1.29 is 19.0 Å². The predicted molar refractivity (Wildman–Crippen MR) is 106 cm³/mol. The molecule has 28 heavy (non-hydrogen) atoms. The summed E-state index contributed by atoms with van der Waals surface area (Å²) < 4.78 is 17.7. The summed E-state index contributed by atoms with van der Waals surface area (Å²) in [4.78, 5) is 12.5. The first kappa shape index (κ1) is 19.3. The summed E-state index contributed by atoms with van der Waals surface area (Å²) in [5.41, 5.74) is 2.25. The van der Waals surface area contributed by atoms with Crippen LogP contribution in [0.5, 0.6) is 17.2 Å². The number of carbonyl (C=O) groups excluding carboxylic acids is 1. The van der Waals surface area contributed by atoms with E-state index in [1.807, 2.05) is 24.3 Å². The Bertz CT molecular complexity index is 913. The lowest BCUT2D eigenvalue weighted by molar-refractivity contribution is 0.102. The van der Waals surface area contributed by atoms with Crippen LogP contribution in [0, 0.1) is 0 Å². The Balaban J connectivity index is 1.61. The van der Waals surface area contributed by atoms with Gasteiger partial charge in [-0.15, -0.1) is 0 Å². The summed E-state index contributed by atoms with van der Waals surface area (Å²) in [6, 6.07) is 12.9. The molecule has 0 radical (unpaired) electrons. The van der Waals surface area contributed by atoms with Crippen molar-refractivity contribution in [3.63, 3.8) is 0 Å². The molecule has 7 heteroatoms. The van der Waals surface area contributed by atoms with E-state index in [1.165, 1.54) is 19.8 Å². The van der Waals surface area contributed by atoms with Gasteiger partial charge in [-0.05, 0) is 36.2 Å². The van der Waals surface area contributed by atoms with Crippen LogP contribution in [0.4, 0.5) is 5.69 Å². The number of benzene rings is 2. The van der Waals surface area contributed by atoms with Crippen LogP contribution >= 0.6 is 0 Å². The summed E-state index contributed by atoms with van der Waals surface area (Å²) >= 11 is 0. The van der Waals surface area contributed by atoms with Crippen LogP contribution in [0.3, 0.4) is 0 Å². The van der Waals surface area contributed by atoms with Crippen LogP contribution in [0.25, 0.3) is 0 Å². The van der Waals surface area contributed by atoms with Gasteiger partial charge in [-0.1, -0.05) is 19.1 Å². The highest BCUT2D eigenvalue weighted by molar-refractivity contribution is 6.04. The second-order valence-corrected chi connectivity index (χ2v) is 6.09. The number of carbonyl (C=O) groups is 1. The number of anilines is 1. The van der Waals surface area contributed by atoms with Crippen LogP contribution in [0.1, 0.15) is 22.8 Å². The highest BCUT2D eigenvalue weighted by Crippen LogP contribution is 2.23. The van der Waals surface area contributed by atoms with Gasteiger partial charge >= 0.3 is 0 Å². The largest absolute Gasteiger partial charge is 0.497 e. The molecule has 1 heterocycles. The number of nitrogens with zero attached hydrogens (tertiary/aromatic N) is 2. The highest BCUT2D eigenvalue weighted by atomic mass is 16.5. The number of hydrogen-bond donors (Lipinski definition) is 1. The number of ether oxygens (including phenoxy) is 3. The average molecular weight is 381 g/mol. The van der Waals surface area contributed by atoms with Crippen LogP contribution in [-0.2, 0) is 13.2 Å². The van der Waals surface area contributed by atoms with E-state index >= 15 is 0 Å². The van der Waals surface area contributed by atoms with Gasteiger partial charge < -0.3 is 19.5 Å². The third kappa shape index (κ3) is 4.82. The van der Waals surface area contributed by atoms with Crippen molar-refractivity contribution in [1.29, 1.82) is 0 Å². The normalized spacial score (nSPS) is 10.4. The van der Waals surface area contributed by atoms with Crippen LogP contribution < -0.4 is 19.5 Å². The molecule has 0 aliphatic rings. The fourth-order valence-corrected chi connectivity index (χ4v) is 2.60. The molecular formula is C21H23N3O4. The first-order valence-electron chi connectivity index (χ1n) is 8.90. The lowest BCUT2D eigenvalue weighted by Gasteiger charge is -2.08. The molecule has 0 saturated carbocycles. The minimum Gasteiger partial charge on any atom is -0.497 e. The molecule has 3 rings (SSSR count). The molecule has 0 aliphatic heterocycles. The zero-order chi connectivity index (χ0) is 19.9. The Morgan fingerprint density at radius 1 is 1.04 bits per heavy atom. The van der Waals surface area contributed by atoms with Crippen molar-refractivity contribution >= 4 is 11.6 Å². The van der Waals surface area contributed by atoms with Gasteiger partial charge in [0.2, 0.25) is 0 Å². The second kappa shape index (κ2) is 8.94. The zero-order valence-electron chi connectivity index (χ0n) is 16.1. The number of aromatic nitrogens is 2. The summed E-state index contributed by atoms with van der Waals surface area (Å²) in [5.74, 6) is 1.57. The molecule has 0 fully saturated rings. The van der Waals surface area contributed by atoms with Crippen molar-refractivity contribution in [3.05, 3.63) is 66.0 Å². The molecule has 3 aromatic rings. The number of aryl methyl sites for hydroxylation is 1. The fourth-order valence-electron chi connectivity index (χ4n) is 2.60. The maximum absolute atomic E-state index is 12.5. The van der Waals surface area contributed by atoms with Crippen LogP contribution in [0.15, 0.2) is 54.9 Å². The lowest BCUT2D eigenvalue weighted by atomic mass is 10.2. The Morgan fingerprint density at radius 3 is 2.32 bits per heavy atom. The Morgan fingerprint density at radius 2 is 1.71 bits per heavy atom. The minimum absolute atomic E-state index is 0.244. The quantitative estimate of drug-likeness (QED) is 0.643. The first-order chi connectivity index (χ1) is 13.6. The molecule has 0 aliphatic carbocycles. The smallest absolute Gasteiger partial charge is 0.256 e. The number of nitrogens with one attached hydrogen (secondary N) is 1. The fraction of sp³-hybridized carbons (Fsp3) is 0.238. The number of methoxy groups -OCH3 is 2. The van der Waals surface area contributed by atoms with Gasteiger partial charge in [0.05, 0.1) is 32.3 Å². The molecule has 0 spiro atoms. The Labute approximate surface area is 163 Å². The van der Waals surface area contributed by atoms with Crippen LogP contribution in [0.2, 0.25) is 0 Å². The van der Waals surface area contributed by atoms with Gasteiger partial charge in [-0.25, -0.2) is 4.68 Å². The number of hydrogen-bond acceptors (Lipinski definition) is 5. The maximum atomic E-state index is 12.5. The molecule has 1 aromatic heterocycles. The monoisotopic (exact) mass is 381 g/mol.